The Kier molecular flexibility index (Phi) is 4.74. The van der Waals surface area contributed by atoms with E-state index in [9.17, 15) is 4.79 Å². The van der Waals surface area contributed by atoms with Crippen LogP contribution in [0.5, 0.6) is 0 Å². The number of hydrogen-bond donors (Lipinski definition) is 1. The topological polar surface area (TPSA) is 51.9 Å². The number of carbonyl (C=O) groups excluding carboxylic acids is 1. The van der Waals surface area contributed by atoms with E-state index in [2.05, 4.69) is 39.4 Å². The van der Waals surface area contributed by atoms with Crippen LogP contribution in [0.4, 0.5) is 0 Å². The number of amides is 1. The van der Waals surface area contributed by atoms with Gasteiger partial charge in [0, 0.05) is 48.7 Å². The first kappa shape index (κ1) is 18.0. The Bertz CT molecular complexity index is 1140. The summed E-state index contributed by atoms with van der Waals surface area (Å²) in [6.07, 6.45) is 2.07. The second kappa shape index (κ2) is 7.35. The maximum absolute atomic E-state index is 12.7. The van der Waals surface area contributed by atoms with Crippen LogP contribution in [0.1, 0.15) is 32.9 Å². The zero-order valence-electron chi connectivity index (χ0n) is 16.4. The summed E-state index contributed by atoms with van der Waals surface area (Å²) < 4.78 is 4.02. The molecule has 5 heteroatoms. The highest BCUT2D eigenvalue weighted by Gasteiger charge is 2.13. The number of hydrogen-bond acceptors (Lipinski definition) is 2. The van der Waals surface area contributed by atoms with E-state index in [0.717, 1.165) is 34.4 Å². The summed E-state index contributed by atoms with van der Waals surface area (Å²) >= 11 is 0. The second-order valence-electron chi connectivity index (χ2n) is 7.16. The highest BCUT2D eigenvalue weighted by Crippen LogP contribution is 2.20. The Morgan fingerprint density at radius 2 is 1.86 bits per heavy atom. The van der Waals surface area contributed by atoms with E-state index in [0.29, 0.717) is 12.1 Å². The predicted octanol–water partition coefficient (Wildman–Crippen LogP) is 3.97. The van der Waals surface area contributed by atoms with Crippen LogP contribution in [-0.4, -0.2) is 20.3 Å². The molecule has 0 aliphatic rings. The fourth-order valence-electron chi connectivity index (χ4n) is 3.59. The van der Waals surface area contributed by atoms with Crippen LogP contribution < -0.4 is 5.32 Å². The number of nitrogens with one attached hydrogen (secondary N) is 1. The van der Waals surface area contributed by atoms with Crippen molar-refractivity contribution in [2.75, 3.05) is 0 Å². The summed E-state index contributed by atoms with van der Waals surface area (Å²) in [5, 5.41) is 8.57. The first-order chi connectivity index (χ1) is 13.5. The van der Waals surface area contributed by atoms with Crippen molar-refractivity contribution in [3.63, 3.8) is 0 Å². The number of rotatable bonds is 5. The Balaban J connectivity index is 1.55. The second-order valence-corrected chi connectivity index (χ2v) is 7.16. The molecular weight excluding hydrogens is 348 g/mol. The molecule has 0 saturated carbocycles. The van der Waals surface area contributed by atoms with Gasteiger partial charge in [0.15, 0.2) is 0 Å². The molecule has 4 rings (SSSR count). The lowest BCUT2D eigenvalue weighted by molar-refractivity contribution is 0.0951. The molecule has 142 valence electrons. The molecule has 0 unspecified atom stereocenters. The van der Waals surface area contributed by atoms with Crippen LogP contribution >= 0.6 is 0 Å². The smallest absolute Gasteiger partial charge is 0.251 e. The van der Waals surface area contributed by atoms with Gasteiger partial charge in [0.1, 0.15) is 0 Å². The van der Waals surface area contributed by atoms with Gasteiger partial charge in [0.2, 0.25) is 0 Å². The first-order valence-corrected chi connectivity index (χ1v) is 9.43. The highest BCUT2D eigenvalue weighted by atomic mass is 16.1. The van der Waals surface area contributed by atoms with Crippen molar-refractivity contribution in [2.24, 2.45) is 7.05 Å². The van der Waals surface area contributed by atoms with Gasteiger partial charge in [0.25, 0.3) is 5.91 Å². The van der Waals surface area contributed by atoms with E-state index in [1.807, 2.05) is 62.0 Å². The third kappa shape index (κ3) is 3.43. The van der Waals surface area contributed by atoms with Crippen molar-refractivity contribution in [2.45, 2.75) is 26.9 Å². The Labute approximate surface area is 164 Å². The van der Waals surface area contributed by atoms with E-state index in [1.165, 1.54) is 5.56 Å². The molecule has 0 saturated heterocycles. The highest BCUT2D eigenvalue weighted by molar-refractivity contribution is 5.98. The van der Waals surface area contributed by atoms with Crippen LogP contribution in [0, 0.1) is 13.8 Å². The van der Waals surface area contributed by atoms with Gasteiger partial charge in [-0.1, -0.05) is 36.4 Å². The van der Waals surface area contributed by atoms with E-state index in [4.69, 9.17) is 0 Å². The molecule has 0 atom stereocenters. The van der Waals surface area contributed by atoms with Crippen molar-refractivity contribution in [3.8, 4) is 0 Å². The van der Waals surface area contributed by atoms with Crippen molar-refractivity contribution < 1.29 is 4.79 Å². The minimum Gasteiger partial charge on any atom is -0.348 e. The van der Waals surface area contributed by atoms with Gasteiger partial charge in [-0.15, -0.1) is 0 Å². The average Bonchev–Trinajstić information content (AvgIpc) is 3.21. The molecule has 2 aromatic carbocycles. The molecule has 1 N–H and O–H groups in total. The van der Waals surface area contributed by atoms with Crippen molar-refractivity contribution in [3.05, 3.63) is 88.9 Å². The minimum atomic E-state index is -0.0722. The van der Waals surface area contributed by atoms with Crippen LogP contribution in [0.15, 0.2) is 60.8 Å². The molecule has 0 aliphatic heterocycles. The Morgan fingerprint density at radius 1 is 1.07 bits per heavy atom. The van der Waals surface area contributed by atoms with Gasteiger partial charge in [-0.05, 0) is 43.0 Å². The minimum absolute atomic E-state index is 0.0722. The van der Waals surface area contributed by atoms with Gasteiger partial charge in [-0.25, -0.2) is 0 Å². The number of nitrogens with zero attached hydrogens (tertiary/aromatic N) is 3. The summed E-state index contributed by atoms with van der Waals surface area (Å²) in [6.45, 7) is 5.25. The molecule has 0 aliphatic carbocycles. The Hall–Kier alpha value is -3.34. The molecule has 0 fully saturated rings. The van der Waals surface area contributed by atoms with Crippen molar-refractivity contribution in [1.82, 2.24) is 19.7 Å². The molecule has 28 heavy (non-hydrogen) atoms. The number of fused-ring (bicyclic) bond motifs is 1. The molecule has 1 amide bonds. The van der Waals surface area contributed by atoms with Gasteiger partial charge >= 0.3 is 0 Å². The van der Waals surface area contributed by atoms with Gasteiger partial charge in [-0.2, -0.15) is 5.10 Å². The quantitative estimate of drug-likeness (QED) is 0.576. The van der Waals surface area contributed by atoms with Gasteiger partial charge < -0.3 is 9.88 Å². The largest absolute Gasteiger partial charge is 0.348 e. The zero-order valence-corrected chi connectivity index (χ0v) is 16.4. The summed E-state index contributed by atoms with van der Waals surface area (Å²) in [7, 11) is 1.92. The lowest BCUT2D eigenvalue weighted by Crippen LogP contribution is -2.23. The van der Waals surface area contributed by atoms with Crippen LogP contribution in [0.2, 0.25) is 0 Å². The molecule has 4 aromatic rings. The third-order valence-corrected chi connectivity index (χ3v) is 5.32. The normalized spacial score (nSPS) is 11.1. The zero-order chi connectivity index (χ0) is 19.7. The molecule has 2 heterocycles. The van der Waals surface area contributed by atoms with E-state index >= 15 is 0 Å². The van der Waals surface area contributed by atoms with Crippen LogP contribution in [0.25, 0.3) is 10.9 Å². The van der Waals surface area contributed by atoms with E-state index in [1.54, 1.807) is 0 Å². The average molecular weight is 372 g/mol. The third-order valence-electron chi connectivity index (χ3n) is 5.32. The summed E-state index contributed by atoms with van der Waals surface area (Å²) in [4.78, 5) is 12.7. The number of aryl methyl sites for hydroxylation is 2. The van der Waals surface area contributed by atoms with Crippen LogP contribution in [-0.2, 0) is 20.1 Å². The lowest BCUT2D eigenvalue weighted by atomic mass is 10.1. The Morgan fingerprint density at radius 3 is 2.57 bits per heavy atom. The standard InChI is InChI=1S/C23H24N4O/c1-16-21(17(2)26(3)25-16)14-24-23(28)20-10-9-19-11-12-27(22(19)13-20)15-18-7-5-4-6-8-18/h4-13H,14-15H2,1-3H3,(H,24,28). The SMILES string of the molecule is Cc1nn(C)c(C)c1CNC(=O)c1ccc2ccn(Cc3ccccc3)c2c1. The lowest BCUT2D eigenvalue weighted by Gasteiger charge is -2.09. The monoisotopic (exact) mass is 372 g/mol. The number of carbonyl (C=O) groups is 1. The maximum Gasteiger partial charge on any atom is 0.251 e. The van der Waals surface area contributed by atoms with E-state index in [-0.39, 0.29) is 5.91 Å². The number of benzene rings is 2. The fourth-order valence-corrected chi connectivity index (χ4v) is 3.59. The molecule has 0 spiro atoms. The summed E-state index contributed by atoms with van der Waals surface area (Å²) in [6, 6.07) is 18.3. The van der Waals surface area contributed by atoms with Crippen molar-refractivity contribution >= 4 is 16.8 Å². The van der Waals surface area contributed by atoms with Gasteiger partial charge in [0.05, 0.1) is 5.69 Å². The van der Waals surface area contributed by atoms with Crippen LogP contribution in [0.3, 0.4) is 0 Å². The van der Waals surface area contributed by atoms with Gasteiger partial charge in [-0.3, -0.25) is 9.48 Å². The molecular formula is C23H24N4O. The van der Waals surface area contributed by atoms with E-state index < -0.39 is 0 Å². The first-order valence-electron chi connectivity index (χ1n) is 9.43. The maximum atomic E-state index is 12.7. The number of aromatic nitrogens is 3. The van der Waals surface area contributed by atoms with Crippen molar-refractivity contribution in [1.29, 1.82) is 0 Å². The predicted molar refractivity (Wildman–Crippen MR) is 111 cm³/mol. The summed E-state index contributed by atoms with van der Waals surface area (Å²) in [5.41, 5.74) is 6.06. The fraction of sp³-hybridized carbons (Fsp3) is 0.217. The molecule has 0 radical (unpaired) electrons. The molecule has 2 aromatic heterocycles. The molecule has 0 bridgehead atoms. The molecule has 5 nitrogen and oxygen atoms in total. The summed E-state index contributed by atoms with van der Waals surface area (Å²) in [5.74, 6) is -0.0722.